The van der Waals surface area contributed by atoms with Crippen LogP contribution in [0.25, 0.3) is 22.6 Å². The van der Waals surface area contributed by atoms with Crippen LogP contribution in [0.3, 0.4) is 0 Å². The number of anilines is 1. The first kappa shape index (κ1) is 23.5. The molecule has 0 saturated carbocycles. The fourth-order valence-corrected chi connectivity index (χ4v) is 4.46. The molecule has 2 aromatic carbocycles. The molecule has 11 heteroatoms. The summed E-state index contributed by atoms with van der Waals surface area (Å²) in [6, 6.07) is 10.5. The standard InChI is InChI=1S/C22H17Cl3N4O3S/c1-3-7-29-21(18-8-12-5-4-6-17(31-2)20(12)32-18)27-28-22(29)33-11-19(30)26-16-10-14(24)13(23)9-15(16)25/h3-6,8-10H,1,7,11H2,2H3,(H,26,30). The molecule has 0 unspecified atom stereocenters. The summed E-state index contributed by atoms with van der Waals surface area (Å²) in [5, 5.41) is 13.5. The summed E-state index contributed by atoms with van der Waals surface area (Å²) in [6.07, 6.45) is 1.72. The van der Waals surface area contributed by atoms with Gasteiger partial charge in [0.2, 0.25) is 11.7 Å². The zero-order valence-corrected chi connectivity index (χ0v) is 20.4. The van der Waals surface area contributed by atoms with Gasteiger partial charge in [-0.1, -0.05) is 64.8 Å². The van der Waals surface area contributed by atoms with Gasteiger partial charge in [0.25, 0.3) is 0 Å². The first-order valence-corrected chi connectivity index (χ1v) is 11.7. The lowest BCUT2D eigenvalue weighted by atomic mass is 10.2. The van der Waals surface area contributed by atoms with E-state index in [4.69, 9.17) is 44.0 Å². The molecule has 170 valence electrons. The summed E-state index contributed by atoms with van der Waals surface area (Å²) in [4.78, 5) is 12.5. The SMILES string of the molecule is C=CCn1c(SCC(=O)Nc2cc(Cl)c(Cl)cc2Cl)nnc1-c1cc2cccc(OC)c2o1. The number of nitrogens with one attached hydrogen (secondary N) is 1. The van der Waals surface area contributed by atoms with Crippen molar-refractivity contribution < 1.29 is 13.9 Å². The molecule has 4 aromatic rings. The second kappa shape index (κ2) is 10.1. The summed E-state index contributed by atoms with van der Waals surface area (Å²) >= 11 is 19.3. The van der Waals surface area contributed by atoms with Gasteiger partial charge < -0.3 is 14.5 Å². The lowest BCUT2D eigenvalue weighted by Gasteiger charge is -2.09. The number of hydrogen-bond acceptors (Lipinski definition) is 6. The number of amides is 1. The van der Waals surface area contributed by atoms with Gasteiger partial charge in [-0.3, -0.25) is 9.36 Å². The molecule has 0 atom stereocenters. The number of methoxy groups -OCH3 is 1. The van der Waals surface area contributed by atoms with Crippen LogP contribution in [0.5, 0.6) is 5.75 Å². The van der Waals surface area contributed by atoms with E-state index in [0.29, 0.717) is 55.4 Å². The summed E-state index contributed by atoms with van der Waals surface area (Å²) in [6.45, 7) is 4.23. The normalized spacial score (nSPS) is 11.0. The number of para-hydroxylation sites is 1. The van der Waals surface area contributed by atoms with Crippen LogP contribution in [0.15, 0.2) is 58.6 Å². The predicted molar refractivity (Wildman–Crippen MR) is 133 cm³/mol. The van der Waals surface area contributed by atoms with Crippen molar-refractivity contribution in [3.63, 3.8) is 0 Å². The van der Waals surface area contributed by atoms with E-state index in [2.05, 4.69) is 22.1 Å². The zero-order chi connectivity index (χ0) is 23.5. The maximum atomic E-state index is 12.5. The molecule has 0 fully saturated rings. The van der Waals surface area contributed by atoms with E-state index in [1.165, 1.54) is 23.9 Å². The molecule has 0 aliphatic heterocycles. The fraction of sp³-hybridized carbons (Fsp3) is 0.136. The third kappa shape index (κ3) is 4.99. The number of carbonyl (C=O) groups excluding carboxylic acids is 1. The van der Waals surface area contributed by atoms with Crippen LogP contribution in [0.2, 0.25) is 15.1 Å². The van der Waals surface area contributed by atoms with Gasteiger partial charge in [-0.15, -0.1) is 16.8 Å². The summed E-state index contributed by atoms with van der Waals surface area (Å²) in [7, 11) is 1.59. The van der Waals surface area contributed by atoms with E-state index in [1.54, 1.807) is 13.2 Å². The number of hydrogen-bond donors (Lipinski definition) is 1. The van der Waals surface area contributed by atoms with Gasteiger partial charge in [-0.2, -0.15) is 0 Å². The molecule has 0 saturated heterocycles. The molecule has 0 aliphatic carbocycles. The average molecular weight is 524 g/mol. The van der Waals surface area contributed by atoms with E-state index in [-0.39, 0.29) is 11.7 Å². The monoisotopic (exact) mass is 522 g/mol. The van der Waals surface area contributed by atoms with Gasteiger partial charge in [-0.05, 0) is 24.3 Å². The summed E-state index contributed by atoms with van der Waals surface area (Å²) in [5.74, 6) is 1.45. The van der Waals surface area contributed by atoms with Gasteiger partial charge in [-0.25, -0.2) is 0 Å². The van der Waals surface area contributed by atoms with Crippen molar-refractivity contribution in [2.45, 2.75) is 11.7 Å². The number of rotatable bonds is 8. The number of thioether (sulfide) groups is 1. The number of furan rings is 1. The topological polar surface area (TPSA) is 82.2 Å². The highest BCUT2D eigenvalue weighted by atomic mass is 35.5. The van der Waals surface area contributed by atoms with Crippen molar-refractivity contribution in [2.75, 3.05) is 18.2 Å². The van der Waals surface area contributed by atoms with Crippen LogP contribution in [0.1, 0.15) is 0 Å². The lowest BCUT2D eigenvalue weighted by molar-refractivity contribution is -0.113. The fourth-order valence-electron chi connectivity index (χ4n) is 3.11. The highest BCUT2D eigenvalue weighted by Gasteiger charge is 2.19. The minimum Gasteiger partial charge on any atom is -0.493 e. The Balaban J connectivity index is 1.54. The first-order valence-electron chi connectivity index (χ1n) is 9.59. The van der Waals surface area contributed by atoms with Crippen LogP contribution < -0.4 is 10.1 Å². The minimum absolute atomic E-state index is 0.0692. The van der Waals surface area contributed by atoms with E-state index >= 15 is 0 Å². The Kier molecular flexibility index (Phi) is 7.19. The Bertz CT molecular complexity index is 1350. The lowest BCUT2D eigenvalue weighted by Crippen LogP contribution is -2.15. The summed E-state index contributed by atoms with van der Waals surface area (Å²) < 4.78 is 13.2. The van der Waals surface area contributed by atoms with Crippen molar-refractivity contribution in [2.24, 2.45) is 0 Å². The Morgan fingerprint density at radius 2 is 2.00 bits per heavy atom. The number of ether oxygens (including phenoxy) is 1. The van der Waals surface area contributed by atoms with Crippen molar-refractivity contribution in [1.29, 1.82) is 0 Å². The van der Waals surface area contributed by atoms with Gasteiger partial charge in [0.1, 0.15) is 0 Å². The van der Waals surface area contributed by atoms with Crippen LogP contribution in [0.4, 0.5) is 5.69 Å². The second-order valence-electron chi connectivity index (χ2n) is 6.78. The number of carbonyl (C=O) groups is 1. The number of fused-ring (bicyclic) bond motifs is 1. The molecule has 1 N–H and O–H groups in total. The average Bonchev–Trinajstić information content (AvgIpc) is 3.40. The molecule has 33 heavy (non-hydrogen) atoms. The largest absolute Gasteiger partial charge is 0.493 e. The third-order valence-corrected chi connectivity index (χ3v) is 6.59. The molecule has 0 spiro atoms. The first-order chi connectivity index (χ1) is 15.9. The maximum Gasteiger partial charge on any atom is 0.234 e. The minimum atomic E-state index is -0.288. The molecule has 0 radical (unpaired) electrons. The van der Waals surface area contributed by atoms with Crippen LogP contribution >= 0.6 is 46.6 Å². The van der Waals surface area contributed by atoms with E-state index in [9.17, 15) is 4.79 Å². The number of aromatic nitrogens is 3. The highest BCUT2D eigenvalue weighted by Crippen LogP contribution is 2.35. The van der Waals surface area contributed by atoms with Gasteiger partial charge >= 0.3 is 0 Å². The quantitative estimate of drug-likeness (QED) is 0.160. The zero-order valence-electron chi connectivity index (χ0n) is 17.3. The van der Waals surface area contributed by atoms with Crippen molar-refractivity contribution >= 4 is 69.1 Å². The molecule has 7 nitrogen and oxygen atoms in total. The van der Waals surface area contributed by atoms with Gasteiger partial charge in [0, 0.05) is 11.9 Å². The number of nitrogens with zero attached hydrogens (tertiary/aromatic N) is 3. The van der Waals surface area contributed by atoms with Gasteiger partial charge in [0.05, 0.1) is 33.6 Å². The van der Waals surface area contributed by atoms with Crippen molar-refractivity contribution in [3.05, 3.63) is 64.1 Å². The van der Waals surface area contributed by atoms with Crippen LogP contribution in [-0.4, -0.2) is 33.5 Å². The molecule has 2 aromatic heterocycles. The Morgan fingerprint density at radius 3 is 2.76 bits per heavy atom. The smallest absolute Gasteiger partial charge is 0.234 e. The van der Waals surface area contributed by atoms with Crippen LogP contribution in [0, 0.1) is 0 Å². The number of halogens is 3. The predicted octanol–water partition coefficient (Wildman–Crippen LogP) is 6.58. The Morgan fingerprint density at radius 1 is 1.21 bits per heavy atom. The number of allylic oxidation sites excluding steroid dienone is 1. The molecule has 1 amide bonds. The van der Waals surface area contributed by atoms with E-state index in [1.807, 2.05) is 28.8 Å². The molecule has 0 aliphatic rings. The highest BCUT2D eigenvalue weighted by molar-refractivity contribution is 7.99. The molecule has 4 rings (SSSR count). The van der Waals surface area contributed by atoms with E-state index < -0.39 is 0 Å². The van der Waals surface area contributed by atoms with Crippen LogP contribution in [-0.2, 0) is 11.3 Å². The van der Waals surface area contributed by atoms with E-state index in [0.717, 1.165) is 5.39 Å². The maximum absolute atomic E-state index is 12.5. The second-order valence-corrected chi connectivity index (χ2v) is 8.94. The third-order valence-electron chi connectivity index (χ3n) is 4.59. The van der Waals surface area contributed by atoms with Crippen molar-refractivity contribution in [1.82, 2.24) is 14.8 Å². The Hall–Kier alpha value is -2.65. The Labute approximate surface area is 208 Å². The molecule has 0 bridgehead atoms. The molecule has 2 heterocycles. The number of benzene rings is 2. The summed E-state index contributed by atoms with van der Waals surface area (Å²) in [5.41, 5.74) is 0.997. The molecular formula is C22H17Cl3N4O3S. The van der Waals surface area contributed by atoms with Gasteiger partial charge in [0.15, 0.2) is 22.2 Å². The van der Waals surface area contributed by atoms with Crippen molar-refractivity contribution in [3.8, 4) is 17.3 Å². The molecular weight excluding hydrogens is 507 g/mol.